The fraction of sp³-hybridized carbons (Fsp3) is 0.0213. The Hall–Kier alpha value is -6.49. The summed E-state index contributed by atoms with van der Waals surface area (Å²) in [6, 6.07) is 29.7. The maximum atomic E-state index is 6.25. The highest BCUT2D eigenvalue weighted by atomic mass is 35.8. The van der Waals surface area contributed by atoms with Gasteiger partial charge in [-0.3, -0.25) is 15.0 Å². The van der Waals surface area contributed by atoms with Gasteiger partial charge in [0.1, 0.15) is 0 Å². The first kappa shape index (κ1) is 36.8. The van der Waals surface area contributed by atoms with Gasteiger partial charge >= 0.3 is 6.00 Å². The summed E-state index contributed by atoms with van der Waals surface area (Å²) in [5.41, 5.74) is 15.9. The van der Waals surface area contributed by atoms with Crippen molar-refractivity contribution in [3.63, 3.8) is 0 Å². The molecule has 8 bridgehead atoms. The second-order valence-electron chi connectivity index (χ2n) is 14.2. The Kier molecular flexibility index (Phi) is 9.58. The fourth-order valence-electron chi connectivity index (χ4n) is 7.72. The first-order valence-corrected chi connectivity index (χ1v) is 23.9. The van der Waals surface area contributed by atoms with Crippen LogP contribution in [0.5, 0.6) is 0 Å². The molecule has 12 heteroatoms. The molecule has 8 nitrogen and oxygen atoms in total. The molecule has 0 aliphatic carbocycles. The molecule has 9 heterocycles. The number of nitrogens with zero attached hydrogens (tertiary/aromatic N) is 6. The Labute approximate surface area is 354 Å². The van der Waals surface area contributed by atoms with Gasteiger partial charge in [-0.15, -0.1) is 33.2 Å². The molecule has 2 aliphatic rings. The SMILES string of the molecule is Cl[Si](Cl)(Cl)c1ccc(C[n+]2ccc(-c3c4nc(c(-c5ccncc5)c5ccc([nH]5)c(-c5ccncc5)c5nc(c(-c6ccncc6)c6ccc3[nH]6)C=C5)C=C4)cc2)cc1. The molecule has 0 saturated heterocycles. The molecule has 8 aromatic rings. The van der Waals surface area contributed by atoms with Crippen LogP contribution >= 0.6 is 33.2 Å². The van der Waals surface area contributed by atoms with Crippen molar-refractivity contribution in [1.29, 1.82) is 0 Å². The highest BCUT2D eigenvalue weighted by molar-refractivity contribution is 7.69. The van der Waals surface area contributed by atoms with Crippen LogP contribution in [-0.2, 0) is 6.54 Å². The zero-order valence-electron chi connectivity index (χ0n) is 31.2. The molecule has 7 aromatic heterocycles. The minimum absolute atomic E-state index is 0.657. The number of pyridine rings is 4. The van der Waals surface area contributed by atoms with E-state index in [2.05, 4.69) is 103 Å². The second kappa shape index (κ2) is 15.4. The van der Waals surface area contributed by atoms with Crippen molar-refractivity contribution in [1.82, 2.24) is 34.9 Å². The minimum atomic E-state index is -2.95. The minimum Gasteiger partial charge on any atom is -0.354 e. The topological polar surface area (TPSA) is 99.9 Å². The first-order valence-electron chi connectivity index (χ1n) is 18.9. The molecule has 0 atom stereocenters. The van der Waals surface area contributed by atoms with Gasteiger partial charge in [-0.1, -0.05) is 24.3 Å². The molecule has 0 spiro atoms. The number of rotatable bonds is 7. The maximum absolute atomic E-state index is 6.25. The smallest absolute Gasteiger partial charge is 0.354 e. The number of hydrogen-bond donors (Lipinski definition) is 2. The lowest BCUT2D eigenvalue weighted by Gasteiger charge is -2.08. The zero-order valence-corrected chi connectivity index (χ0v) is 34.5. The lowest BCUT2D eigenvalue weighted by molar-refractivity contribution is -0.688. The second-order valence-corrected chi connectivity index (χ2v) is 22.6. The summed E-state index contributed by atoms with van der Waals surface area (Å²) in [6.07, 6.45) is 23.4. The number of fused-ring (bicyclic) bond motifs is 8. The largest absolute Gasteiger partial charge is 0.372 e. The maximum Gasteiger partial charge on any atom is 0.372 e. The van der Waals surface area contributed by atoms with Gasteiger partial charge < -0.3 is 9.97 Å². The van der Waals surface area contributed by atoms with E-state index in [1.54, 1.807) is 0 Å². The number of hydrogen-bond acceptors (Lipinski definition) is 5. The van der Waals surface area contributed by atoms with Gasteiger partial charge in [-0.2, -0.15) is 0 Å². The van der Waals surface area contributed by atoms with Crippen LogP contribution in [0, 0.1) is 0 Å². The van der Waals surface area contributed by atoms with Gasteiger partial charge in [0.05, 0.1) is 22.8 Å². The van der Waals surface area contributed by atoms with Crippen molar-refractivity contribution < 1.29 is 4.57 Å². The fourth-order valence-corrected chi connectivity index (χ4v) is 9.39. The molecular formula is C47H32Cl3N8Si+. The molecule has 0 fully saturated rings. The summed E-state index contributed by atoms with van der Waals surface area (Å²) in [5.74, 6) is 0. The molecule has 2 aliphatic heterocycles. The van der Waals surface area contributed by atoms with Gasteiger partial charge in [-0.25, -0.2) is 14.5 Å². The van der Waals surface area contributed by atoms with Crippen LogP contribution in [-0.4, -0.2) is 40.9 Å². The molecule has 0 amide bonds. The van der Waals surface area contributed by atoms with Crippen LogP contribution in [0.15, 0.2) is 147 Å². The Bertz CT molecular complexity index is 3050. The average Bonchev–Trinajstić information content (AvgIpc) is 4.11. The van der Waals surface area contributed by atoms with Gasteiger partial charge in [0.2, 0.25) is 0 Å². The predicted molar refractivity (Wildman–Crippen MR) is 243 cm³/mol. The average molecular weight is 843 g/mol. The molecular weight excluding hydrogens is 811 g/mol. The molecule has 0 saturated carbocycles. The lowest BCUT2D eigenvalue weighted by Crippen LogP contribution is -2.34. The van der Waals surface area contributed by atoms with Gasteiger partial charge in [-0.05, 0) is 112 Å². The van der Waals surface area contributed by atoms with Crippen LogP contribution in [0.2, 0.25) is 0 Å². The molecule has 2 N–H and O–H groups in total. The van der Waals surface area contributed by atoms with Crippen LogP contribution < -0.4 is 9.75 Å². The van der Waals surface area contributed by atoms with Crippen LogP contribution in [0.25, 0.3) is 90.9 Å². The summed E-state index contributed by atoms with van der Waals surface area (Å²) in [4.78, 5) is 31.3. The third-order valence-electron chi connectivity index (χ3n) is 10.5. The molecule has 59 heavy (non-hydrogen) atoms. The van der Waals surface area contributed by atoms with Crippen molar-refractivity contribution >= 4 is 90.8 Å². The van der Waals surface area contributed by atoms with Crippen LogP contribution in [0.1, 0.15) is 28.3 Å². The van der Waals surface area contributed by atoms with Crippen LogP contribution in [0.3, 0.4) is 0 Å². The predicted octanol–water partition coefficient (Wildman–Crippen LogP) is 10.7. The van der Waals surface area contributed by atoms with E-state index in [4.69, 9.17) is 43.2 Å². The molecule has 10 rings (SSSR count). The van der Waals surface area contributed by atoms with Crippen molar-refractivity contribution in [2.24, 2.45) is 0 Å². The zero-order chi connectivity index (χ0) is 39.9. The Balaban J connectivity index is 1.24. The van der Waals surface area contributed by atoms with E-state index in [-0.39, 0.29) is 0 Å². The lowest BCUT2D eigenvalue weighted by atomic mass is 10.0. The van der Waals surface area contributed by atoms with Gasteiger partial charge in [0.25, 0.3) is 0 Å². The highest BCUT2D eigenvalue weighted by Gasteiger charge is 2.28. The van der Waals surface area contributed by atoms with Crippen LogP contribution in [0.4, 0.5) is 0 Å². The number of aromatic amines is 2. The molecule has 1 aromatic carbocycles. The summed E-state index contributed by atoms with van der Waals surface area (Å²) in [6.45, 7) is 0.657. The Morgan fingerprint density at radius 3 is 1.10 bits per heavy atom. The van der Waals surface area contributed by atoms with Crippen molar-refractivity contribution in [3.05, 3.63) is 175 Å². The Morgan fingerprint density at radius 1 is 0.424 bits per heavy atom. The summed E-state index contributed by atoms with van der Waals surface area (Å²) in [7, 11) is 0. The van der Waals surface area contributed by atoms with E-state index in [1.807, 2.05) is 97.8 Å². The van der Waals surface area contributed by atoms with E-state index in [9.17, 15) is 0 Å². The normalized spacial score (nSPS) is 12.3. The summed E-state index contributed by atoms with van der Waals surface area (Å²) < 4.78 is 2.13. The quantitative estimate of drug-likeness (QED) is 0.0946. The molecule has 284 valence electrons. The van der Waals surface area contributed by atoms with E-state index in [0.717, 1.165) is 100 Å². The number of benzene rings is 1. The number of halogens is 3. The standard InChI is InChI=1S/C47H31Cl3N8Si/c48-59(49,50)35-3-1-30(2-4-35)29-58-27-19-34(20-28-58)47-42-11-9-40(56-42)45(32-15-23-52-24-16-32)38-7-5-36(54-38)44(31-13-21-51-22-14-31)37-6-8-39(55-37)46(33-17-25-53-26-18-33)41-10-12-43(47)57-41/h1-28H,29H2,(H,54,55,56,57)/p+1. The molecule has 0 unspecified atom stereocenters. The Morgan fingerprint density at radius 2 is 0.763 bits per heavy atom. The number of nitrogens with one attached hydrogen (secondary N) is 2. The third kappa shape index (κ3) is 7.30. The van der Waals surface area contributed by atoms with E-state index < -0.39 is 6.00 Å². The third-order valence-corrected chi connectivity index (χ3v) is 13.4. The van der Waals surface area contributed by atoms with E-state index >= 15 is 0 Å². The highest BCUT2D eigenvalue weighted by Crippen LogP contribution is 2.38. The van der Waals surface area contributed by atoms with Gasteiger partial charge in [0.15, 0.2) is 18.9 Å². The first-order chi connectivity index (χ1) is 28.9. The van der Waals surface area contributed by atoms with Gasteiger partial charge in [0, 0.05) is 99.2 Å². The van der Waals surface area contributed by atoms with Crippen molar-refractivity contribution in [3.8, 4) is 44.5 Å². The van der Waals surface area contributed by atoms with E-state index in [1.165, 1.54) is 0 Å². The monoisotopic (exact) mass is 841 g/mol. The van der Waals surface area contributed by atoms with E-state index in [0.29, 0.717) is 6.54 Å². The summed E-state index contributed by atoms with van der Waals surface area (Å²) in [5, 5.41) is 0.767. The molecule has 0 radical (unpaired) electrons. The summed E-state index contributed by atoms with van der Waals surface area (Å²) >= 11 is 18.7. The number of aromatic nitrogens is 8. The van der Waals surface area contributed by atoms with Crippen molar-refractivity contribution in [2.75, 3.05) is 0 Å². The van der Waals surface area contributed by atoms with Crippen molar-refractivity contribution in [2.45, 2.75) is 6.54 Å². The number of H-pyrrole nitrogens is 2.